The van der Waals surface area contributed by atoms with E-state index in [0.29, 0.717) is 12.1 Å². The van der Waals surface area contributed by atoms with Crippen LogP contribution in [0.2, 0.25) is 0 Å². The molecular weight excluding hydrogens is 186 g/mol. The monoisotopic (exact) mass is 193 g/mol. The fourth-order valence-corrected chi connectivity index (χ4v) is 1.06. The summed E-state index contributed by atoms with van der Waals surface area (Å²) < 4.78 is 0. The molecule has 1 aromatic rings. The topological polar surface area (TPSA) is 21.4 Å². The minimum absolute atomic E-state index is 0.00257. The molecule has 2 nitrogen and oxygen atoms in total. The van der Waals surface area contributed by atoms with Gasteiger partial charge in [-0.05, 0) is 5.56 Å². The number of hydrogen-bond acceptors (Lipinski definition) is 1. The maximum atomic E-state index is 10.9. The Kier molecular flexibility index (Phi) is 3.48. The lowest BCUT2D eigenvalue weighted by Crippen LogP contribution is -2.03. The van der Waals surface area contributed by atoms with Gasteiger partial charge in [0.05, 0.1) is 12.5 Å². The highest BCUT2D eigenvalue weighted by Crippen LogP contribution is 2.12. The Labute approximate surface area is 82.0 Å². The van der Waals surface area contributed by atoms with Crippen LogP contribution in [0.1, 0.15) is 5.56 Å². The number of benzene rings is 1. The van der Waals surface area contributed by atoms with E-state index in [-0.39, 0.29) is 11.7 Å². The second-order valence-corrected chi connectivity index (χ2v) is 2.89. The SMILES string of the molecule is [C-]#[N+]c1ccc(CC(=O)CCl)cc1. The number of halogens is 1. The number of Topliss-reactive ketones (excluding diaryl/α,β-unsaturated/α-hetero) is 1. The first-order chi connectivity index (χ1) is 6.26. The van der Waals surface area contributed by atoms with Crippen molar-refractivity contribution >= 4 is 23.1 Å². The lowest BCUT2D eigenvalue weighted by Gasteiger charge is -1.97. The highest BCUT2D eigenvalue weighted by Gasteiger charge is 2.01. The Balaban J connectivity index is 2.71. The van der Waals surface area contributed by atoms with E-state index in [1.807, 2.05) is 0 Å². The van der Waals surface area contributed by atoms with Crippen molar-refractivity contribution in [3.05, 3.63) is 41.2 Å². The summed E-state index contributed by atoms with van der Waals surface area (Å²) in [7, 11) is 0. The van der Waals surface area contributed by atoms with Crippen LogP contribution in [0, 0.1) is 6.57 Å². The minimum atomic E-state index is -0.00257. The third-order valence-corrected chi connectivity index (χ3v) is 1.91. The van der Waals surface area contributed by atoms with Crippen LogP contribution in [0.3, 0.4) is 0 Å². The van der Waals surface area contributed by atoms with Gasteiger partial charge in [0.15, 0.2) is 11.5 Å². The van der Waals surface area contributed by atoms with E-state index in [1.165, 1.54) is 0 Å². The average molecular weight is 194 g/mol. The zero-order chi connectivity index (χ0) is 9.68. The Morgan fingerprint density at radius 2 is 2.00 bits per heavy atom. The average Bonchev–Trinajstić information content (AvgIpc) is 2.19. The summed E-state index contributed by atoms with van der Waals surface area (Å²) in [6.07, 6.45) is 0.349. The first-order valence-corrected chi connectivity index (χ1v) is 4.34. The molecule has 66 valence electrons. The van der Waals surface area contributed by atoms with Gasteiger partial charge in [-0.15, -0.1) is 11.6 Å². The number of ketones is 1. The number of alkyl halides is 1. The molecule has 0 saturated heterocycles. The molecule has 0 bridgehead atoms. The lowest BCUT2D eigenvalue weighted by atomic mass is 10.1. The molecule has 0 fully saturated rings. The first-order valence-electron chi connectivity index (χ1n) is 3.80. The Hall–Kier alpha value is -1.33. The smallest absolute Gasteiger partial charge is 0.187 e. The van der Waals surface area contributed by atoms with Gasteiger partial charge in [0.25, 0.3) is 0 Å². The van der Waals surface area contributed by atoms with Gasteiger partial charge < -0.3 is 0 Å². The number of nitrogens with zero attached hydrogens (tertiary/aromatic N) is 1. The molecule has 0 aliphatic heterocycles. The van der Waals surface area contributed by atoms with Gasteiger partial charge in [-0.2, -0.15) is 0 Å². The van der Waals surface area contributed by atoms with Crippen LogP contribution in [0.4, 0.5) is 5.69 Å². The van der Waals surface area contributed by atoms with Crippen LogP contribution in [0.15, 0.2) is 24.3 Å². The van der Waals surface area contributed by atoms with Crippen molar-refractivity contribution in [2.75, 3.05) is 5.88 Å². The Morgan fingerprint density at radius 3 is 2.46 bits per heavy atom. The van der Waals surface area contributed by atoms with Crippen molar-refractivity contribution < 1.29 is 4.79 Å². The van der Waals surface area contributed by atoms with E-state index in [1.54, 1.807) is 24.3 Å². The molecule has 0 aliphatic rings. The highest BCUT2D eigenvalue weighted by molar-refractivity contribution is 6.27. The largest absolute Gasteiger partial charge is 0.298 e. The van der Waals surface area contributed by atoms with E-state index < -0.39 is 0 Å². The summed E-state index contributed by atoms with van der Waals surface area (Å²) in [6, 6.07) is 6.95. The molecule has 0 radical (unpaired) electrons. The summed E-state index contributed by atoms with van der Waals surface area (Å²) in [4.78, 5) is 14.2. The van der Waals surface area contributed by atoms with Crippen molar-refractivity contribution in [1.82, 2.24) is 0 Å². The second kappa shape index (κ2) is 4.64. The van der Waals surface area contributed by atoms with Crippen molar-refractivity contribution in [1.29, 1.82) is 0 Å². The van der Waals surface area contributed by atoms with Gasteiger partial charge in [-0.1, -0.05) is 24.3 Å². The number of hydrogen-bond donors (Lipinski definition) is 0. The maximum Gasteiger partial charge on any atom is 0.187 e. The molecule has 0 N–H and O–H groups in total. The van der Waals surface area contributed by atoms with Crippen molar-refractivity contribution in [2.24, 2.45) is 0 Å². The van der Waals surface area contributed by atoms with Crippen LogP contribution in [0.25, 0.3) is 4.85 Å². The summed E-state index contributed by atoms with van der Waals surface area (Å²) in [5, 5.41) is 0. The molecule has 0 aliphatic carbocycles. The van der Waals surface area contributed by atoms with Crippen LogP contribution in [-0.4, -0.2) is 11.7 Å². The minimum Gasteiger partial charge on any atom is -0.298 e. The zero-order valence-electron chi connectivity index (χ0n) is 6.96. The molecule has 0 spiro atoms. The molecule has 0 amide bonds. The molecule has 13 heavy (non-hydrogen) atoms. The first kappa shape index (κ1) is 9.76. The Bertz CT molecular complexity index is 337. The van der Waals surface area contributed by atoms with Crippen molar-refractivity contribution in [3.63, 3.8) is 0 Å². The standard InChI is InChI=1S/C10H8ClNO/c1-12-9-4-2-8(3-5-9)6-10(13)7-11/h2-5H,6-7H2. The van der Waals surface area contributed by atoms with Crippen LogP contribution in [-0.2, 0) is 11.2 Å². The fraction of sp³-hybridized carbons (Fsp3) is 0.200. The summed E-state index contributed by atoms with van der Waals surface area (Å²) >= 11 is 5.36. The normalized spacial score (nSPS) is 9.23. The molecule has 0 heterocycles. The second-order valence-electron chi connectivity index (χ2n) is 2.63. The van der Waals surface area contributed by atoms with Gasteiger partial charge in [-0.3, -0.25) is 4.79 Å². The Morgan fingerprint density at radius 1 is 1.38 bits per heavy atom. The quantitative estimate of drug-likeness (QED) is 0.534. The van der Waals surface area contributed by atoms with Crippen molar-refractivity contribution in [3.8, 4) is 0 Å². The van der Waals surface area contributed by atoms with E-state index in [9.17, 15) is 4.79 Å². The molecule has 3 heteroatoms. The maximum absolute atomic E-state index is 10.9. The van der Waals surface area contributed by atoms with Gasteiger partial charge in [0, 0.05) is 6.42 Å². The number of carbonyl (C=O) groups excluding carboxylic acids is 1. The fourth-order valence-electron chi connectivity index (χ4n) is 0.963. The van der Waals surface area contributed by atoms with Gasteiger partial charge in [0.2, 0.25) is 0 Å². The third-order valence-electron chi connectivity index (χ3n) is 1.62. The van der Waals surface area contributed by atoms with Gasteiger partial charge in [-0.25, -0.2) is 4.85 Å². The van der Waals surface area contributed by atoms with E-state index in [4.69, 9.17) is 18.2 Å². The predicted octanol–water partition coefficient (Wildman–Crippen LogP) is 2.59. The van der Waals surface area contributed by atoms with Crippen LogP contribution in [0.5, 0.6) is 0 Å². The highest BCUT2D eigenvalue weighted by atomic mass is 35.5. The molecule has 0 saturated carbocycles. The molecule has 1 aromatic carbocycles. The predicted molar refractivity (Wildman–Crippen MR) is 52.1 cm³/mol. The van der Waals surface area contributed by atoms with Crippen molar-refractivity contribution in [2.45, 2.75) is 6.42 Å². The molecule has 0 atom stereocenters. The molecule has 1 rings (SSSR count). The van der Waals surface area contributed by atoms with E-state index >= 15 is 0 Å². The van der Waals surface area contributed by atoms with E-state index in [0.717, 1.165) is 5.56 Å². The number of carbonyl (C=O) groups is 1. The molecule has 0 aromatic heterocycles. The summed E-state index contributed by atoms with van der Waals surface area (Å²) in [5.74, 6) is 0.0436. The molecule has 0 unspecified atom stereocenters. The third kappa shape index (κ3) is 2.89. The lowest BCUT2D eigenvalue weighted by molar-refractivity contribution is -0.116. The van der Waals surface area contributed by atoms with Crippen LogP contribution >= 0.6 is 11.6 Å². The zero-order valence-corrected chi connectivity index (χ0v) is 7.71. The summed E-state index contributed by atoms with van der Waals surface area (Å²) in [6.45, 7) is 6.73. The van der Waals surface area contributed by atoms with Gasteiger partial charge in [0.1, 0.15) is 0 Å². The summed E-state index contributed by atoms with van der Waals surface area (Å²) in [5.41, 5.74) is 1.49. The molecular formula is C10H8ClNO. The van der Waals surface area contributed by atoms with Crippen LogP contribution < -0.4 is 0 Å². The number of rotatable bonds is 3. The van der Waals surface area contributed by atoms with Gasteiger partial charge >= 0.3 is 0 Å². The van der Waals surface area contributed by atoms with E-state index in [2.05, 4.69) is 4.85 Å².